The average Bonchev–Trinajstić information content (AvgIpc) is 2.69. The molecule has 0 aliphatic carbocycles. The summed E-state index contributed by atoms with van der Waals surface area (Å²) in [7, 11) is 0. The lowest BCUT2D eigenvalue weighted by molar-refractivity contribution is -0.136. The van der Waals surface area contributed by atoms with Gasteiger partial charge in [0, 0.05) is 26.2 Å². The number of amides is 1. The first kappa shape index (κ1) is 17.0. The van der Waals surface area contributed by atoms with Crippen LogP contribution >= 0.6 is 0 Å². The van der Waals surface area contributed by atoms with Gasteiger partial charge in [-0.15, -0.1) is 5.10 Å². The summed E-state index contributed by atoms with van der Waals surface area (Å²) in [5.74, 6) is 1.24. The lowest BCUT2D eigenvalue weighted by Crippen LogP contribution is -2.46. The molecule has 5 nitrogen and oxygen atoms in total. The molecule has 1 unspecified atom stereocenters. The van der Waals surface area contributed by atoms with E-state index in [1.807, 2.05) is 11.8 Å². The van der Waals surface area contributed by atoms with Crippen molar-refractivity contribution in [2.24, 2.45) is 5.92 Å². The molecular weight excluding hydrogens is 324 g/mol. The number of anilines is 1. The van der Waals surface area contributed by atoms with Crippen LogP contribution < -0.4 is 4.90 Å². The lowest BCUT2D eigenvalue weighted by Gasteiger charge is -2.37. The summed E-state index contributed by atoms with van der Waals surface area (Å²) in [6.07, 6.45) is 2.95. The Bertz CT molecular complexity index is 819. The smallest absolute Gasteiger partial charge is 0.227 e. The van der Waals surface area contributed by atoms with E-state index < -0.39 is 0 Å². The van der Waals surface area contributed by atoms with Crippen LogP contribution in [0.5, 0.6) is 0 Å². The fourth-order valence-electron chi connectivity index (χ4n) is 4.02. The summed E-state index contributed by atoms with van der Waals surface area (Å²) < 4.78 is 0. The molecule has 0 spiro atoms. The Balaban J connectivity index is 1.46. The number of carbonyl (C=O) groups is 1. The Kier molecular flexibility index (Phi) is 4.62. The maximum atomic E-state index is 13.1. The van der Waals surface area contributed by atoms with E-state index in [1.54, 1.807) is 0 Å². The average molecular weight is 350 g/mol. The Morgan fingerprint density at radius 1 is 1.12 bits per heavy atom. The number of benzene rings is 1. The first-order valence-corrected chi connectivity index (χ1v) is 9.53. The van der Waals surface area contributed by atoms with Gasteiger partial charge in [-0.3, -0.25) is 4.79 Å². The molecule has 1 fully saturated rings. The molecule has 5 heteroatoms. The van der Waals surface area contributed by atoms with Gasteiger partial charge in [0.1, 0.15) is 0 Å². The van der Waals surface area contributed by atoms with Gasteiger partial charge >= 0.3 is 0 Å². The third-order valence-electron chi connectivity index (χ3n) is 5.76. The summed E-state index contributed by atoms with van der Waals surface area (Å²) in [6, 6.07) is 10.6. The van der Waals surface area contributed by atoms with Crippen molar-refractivity contribution < 1.29 is 4.79 Å². The zero-order valence-electron chi connectivity index (χ0n) is 15.6. The van der Waals surface area contributed by atoms with Crippen LogP contribution in [-0.4, -0.2) is 40.6 Å². The highest BCUT2D eigenvalue weighted by molar-refractivity contribution is 5.80. The summed E-state index contributed by atoms with van der Waals surface area (Å²) in [5.41, 5.74) is 4.79. The van der Waals surface area contributed by atoms with Gasteiger partial charge in [-0.1, -0.05) is 24.3 Å². The van der Waals surface area contributed by atoms with E-state index in [0.717, 1.165) is 62.5 Å². The highest BCUT2D eigenvalue weighted by atomic mass is 16.2. The molecule has 2 aromatic rings. The molecule has 0 N–H and O–H groups in total. The zero-order valence-corrected chi connectivity index (χ0v) is 15.6. The second-order valence-corrected chi connectivity index (χ2v) is 7.53. The Labute approximate surface area is 155 Å². The Hall–Kier alpha value is -2.43. The van der Waals surface area contributed by atoms with Crippen LogP contribution in [-0.2, 0) is 17.8 Å². The predicted molar refractivity (Wildman–Crippen MR) is 102 cm³/mol. The molecule has 4 rings (SSSR count). The van der Waals surface area contributed by atoms with Crippen molar-refractivity contribution in [1.29, 1.82) is 0 Å². The van der Waals surface area contributed by atoms with Crippen LogP contribution in [0.1, 0.15) is 35.2 Å². The Morgan fingerprint density at radius 3 is 2.73 bits per heavy atom. The van der Waals surface area contributed by atoms with Crippen LogP contribution in [0, 0.1) is 19.8 Å². The van der Waals surface area contributed by atoms with Gasteiger partial charge < -0.3 is 9.80 Å². The predicted octanol–water partition coefficient (Wildman–Crippen LogP) is 2.89. The molecule has 2 aliphatic heterocycles. The van der Waals surface area contributed by atoms with Gasteiger partial charge in [-0.25, -0.2) is 0 Å². The van der Waals surface area contributed by atoms with Crippen LogP contribution in [0.25, 0.3) is 0 Å². The number of rotatable bonds is 2. The van der Waals surface area contributed by atoms with Crippen LogP contribution in [0.2, 0.25) is 0 Å². The van der Waals surface area contributed by atoms with E-state index in [-0.39, 0.29) is 5.92 Å². The summed E-state index contributed by atoms with van der Waals surface area (Å²) >= 11 is 0. The van der Waals surface area contributed by atoms with Crippen molar-refractivity contribution in [3.63, 3.8) is 0 Å². The maximum Gasteiger partial charge on any atom is 0.227 e. The summed E-state index contributed by atoms with van der Waals surface area (Å²) in [6.45, 7) is 7.30. The van der Waals surface area contributed by atoms with E-state index >= 15 is 0 Å². The van der Waals surface area contributed by atoms with Gasteiger partial charge in [-0.2, -0.15) is 5.10 Å². The number of nitrogens with zero attached hydrogens (tertiary/aromatic N) is 4. The van der Waals surface area contributed by atoms with E-state index in [1.165, 1.54) is 11.1 Å². The standard InChI is InChI=1S/C21H26N4O/c1-15-12-20(23-22-16(15)2)24-10-5-8-19(14-24)21(26)25-11-9-17-6-3-4-7-18(17)13-25/h3-4,6-7,12,19H,5,8-11,13-14H2,1-2H3. The first-order chi connectivity index (χ1) is 12.6. The lowest BCUT2D eigenvalue weighted by atomic mass is 9.94. The van der Waals surface area contributed by atoms with Crippen LogP contribution in [0.4, 0.5) is 5.82 Å². The van der Waals surface area contributed by atoms with Crippen molar-refractivity contribution in [3.05, 3.63) is 52.7 Å². The minimum Gasteiger partial charge on any atom is -0.354 e. The largest absolute Gasteiger partial charge is 0.354 e. The molecule has 26 heavy (non-hydrogen) atoms. The fourth-order valence-corrected chi connectivity index (χ4v) is 4.02. The molecule has 1 aromatic carbocycles. The zero-order chi connectivity index (χ0) is 18.1. The van der Waals surface area contributed by atoms with E-state index in [9.17, 15) is 4.79 Å². The number of aryl methyl sites for hydroxylation is 2. The quantitative estimate of drug-likeness (QED) is 0.836. The van der Waals surface area contributed by atoms with Gasteiger partial charge in [0.25, 0.3) is 0 Å². The molecule has 1 amide bonds. The van der Waals surface area contributed by atoms with E-state index in [4.69, 9.17) is 0 Å². The minimum absolute atomic E-state index is 0.0532. The molecule has 3 heterocycles. The third-order valence-corrected chi connectivity index (χ3v) is 5.76. The molecule has 0 bridgehead atoms. The number of carbonyl (C=O) groups excluding carboxylic acids is 1. The van der Waals surface area contributed by atoms with Gasteiger partial charge in [-0.05, 0) is 55.9 Å². The second kappa shape index (κ2) is 7.06. The Morgan fingerprint density at radius 2 is 1.92 bits per heavy atom. The molecular formula is C21H26N4O. The van der Waals surface area contributed by atoms with Crippen molar-refractivity contribution in [1.82, 2.24) is 15.1 Å². The third kappa shape index (κ3) is 3.30. The van der Waals surface area contributed by atoms with E-state index in [0.29, 0.717) is 5.91 Å². The number of fused-ring (bicyclic) bond motifs is 1. The molecule has 1 aromatic heterocycles. The van der Waals surface area contributed by atoms with Crippen LogP contribution in [0.3, 0.4) is 0 Å². The normalized spacial score (nSPS) is 20.0. The van der Waals surface area contributed by atoms with E-state index in [2.05, 4.69) is 52.4 Å². The molecule has 136 valence electrons. The molecule has 0 radical (unpaired) electrons. The monoisotopic (exact) mass is 350 g/mol. The van der Waals surface area contributed by atoms with Crippen molar-refractivity contribution >= 4 is 11.7 Å². The second-order valence-electron chi connectivity index (χ2n) is 7.53. The SMILES string of the molecule is Cc1cc(N2CCCC(C(=O)N3CCc4ccccc4C3)C2)nnc1C. The summed E-state index contributed by atoms with van der Waals surface area (Å²) in [4.78, 5) is 17.4. The van der Waals surface area contributed by atoms with Crippen LogP contribution in [0.15, 0.2) is 30.3 Å². The summed E-state index contributed by atoms with van der Waals surface area (Å²) in [5, 5.41) is 8.60. The van der Waals surface area contributed by atoms with Crippen molar-refractivity contribution in [3.8, 4) is 0 Å². The van der Waals surface area contributed by atoms with Gasteiger partial charge in [0.15, 0.2) is 5.82 Å². The topological polar surface area (TPSA) is 49.3 Å². The van der Waals surface area contributed by atoms with Crippen molar-refractivity contribution in [2.45, 2.75) is 39.7 Å². The van der Waals surface area contributed by atoms with Gasteiger partial charge in [0.05, 0.1) is 11.6 Å². The molecule has 1 saturated heterocycles. The highest BCUT2D eigenvalue weighted by Crippen LogP contribution is 2.26. The number of hydrogen-bond acceptors (Lipinski definition) is 4. The molecule has 2 aliphatic rings. The number of piperidine rings is 1. The minimum atomic E-state index is 0.0532. The highest BCUT2D eigenvalue weighted by Gasteiger charge is 2.31. The van der Waals surface area contributed by atoms with Gasteiger partial charge in [0.2, 0.25) is 5.91 Å². The fraction of sp³-hybridized carbons (Fsp3) is 0.476. The molecule has 1 atom stereocenters. The number of aromatic nitrogens is 2. The van der Waals surface area contributed by atoms with Crippen molar-refractivity contribution in [2.75, 3.05) is 24.5 Å². The number of hydrogen-bond donors (Lipinski definition) is 0. The molecule has 0 saturated carbocycles. The maximum absolute atomic E-state index is 13.1. The first-order valence-electron chi connectivity index (χ1n) is 9.53.